The van der Waals surface area contributed by atoms with Gasteiger partial charge in [0, 0.05) is 23.9 Å². The molecule has 18 heavy (non-hydrogen) atoms. The Hall–Kier alpha value is -0.873. The smallest absolute Gasteiger partial charge is 0.550 e. The Morgan fingerprint density at radius 3 is 0.500 bits per heavy atom. The third kappa shape index (κ3) is 3960. The molecular formula is C8H12O8Rh2+2. The van der Waals surface area contributed by atoms with Crippen molar-refractivity contribution in [3.63, 3.8) is 0 Å². The number of carboxylic acid groups (broad SMARTS) is 4. The van der Waals surface area contributed by atoms with Crippen molar-refractivity contribution in [3.05, 3.63) is 0 Å². The van der Waals surface area contributed by atoms with Crippen molar-refractivity contribution in [2.75, 3.05) is 0 Å². The standard InChI is InChI=1S/4C2H4O2.2Rh/c4*1-2(3)4;;/h4*1H3,(H,3,4);;/q;;;;2*+3/p-4. The van der Waals surface area contributed by atoms with Gasteiger partial charge in [-0.2, -0.15) is 0 Å². The molecule has 0 aliphatic heterocycles. The molecule has 0 aromatic heterocycles. The summed E-state index contributed by atoms with van der Waals surface area (Å²) in [4.78, 5) is 35.6. The van der Waals surface area contributed by atoms with Crippen molar-refractivity contribution in [1.29, 1.82) is 0 Å². The van der Waals surface area contributed by atoms with Crippen molar-refractivity contribution in [1.82, 2.24) is 0 Å². The van der Waals surface area contributed by atoms with Crippen molar-refractivity contribution in [3.8, 4) is 0 Å². The summed E-state index contributed by atoms with van der Waals surface area (Å²) < 4.78 is 0. The Labute approximate surface area is 130 Å². The molecule has 0 rings (SSSR count). The Morgan fingerprint density at radius 2 is 0.500 bits per heavy atom. The molecule has 108 valence electrons. The molecule has 0 unspecified atom stereocenters. The summed E-state index contributed by atoms with van der Waals surface area (Å²) in [5, 5.41) is 35.6. The van der Waals surface area contributed by atoms with E-state index in [1.54, 1.807) is 0 Å². The second kappa shape index (κ2) is 29.8. The first-order valence-corrected chi connectivity index (χ1v) is 3.63. The fraction of sp³-hybridized carbons (Fsp3) is 0.500. The molecule has 0 amide bonds. The summed E-state index contributed by atoms with van der Waals surface area (Å²) >= 11 is 0. The van der Waals surface area contributed by atoms with Crippen LogP contribution in [0.2, 0.25) is 0 Å². The molecule has 0 atom stereocenters. The fourth-order valence-corrected chi connectivity index (χ4v) is 0. The van der Waals surface area contributed by atoms with Crippen molar-refractivity contribution < 1.29 is 78.6 Å². The summed E-state index contributed by atoms with van der Waals surface area (Å²) in [7, 11) is 0. The number of hydrogen-bond donors (Lipinski definition) is 0. The quantitative estimate of drug-likeness (QED) is 0.337. The Kier molecular flexibility index (Phi) is 59.6. The second-order valence-electron chi connectivity index (χ2n) is 1.97. The summed E-state index contributed by atoms with van der Waals surface area (Å²) in [5.41, 5.74) is 0. The van der Waals surface area contributed by atoms with Gasteiger partial charge in [0.1, 0.15) is 0 Å². The molecule has 0 aliphatic rings. The minimum atomic E-state index is -1.08. The fourth-order valence-electron chi connectivity index (χ4n) is 0. The van der Waals surface area contributed by atoms with Gasteiger partial charge in [0.05, 0.1) is 0 Å². The molecule has 0 fully saturated rings. The van der Waals surface area contributed by atoms with E-state index in [2.05, 4.69) is 0 Å². The molecule has 0 radical (unpaired) electrons. The topological polar surface area (TPSA) is 161 Å². The normalized spacial score (nSPS) is 5.56. The first kappa shape index (κ1) is 36.0. The van der Waals surface area contributed by atoms with E-state index < -0.39 is 23.9 Å². The van der Waals surface area contributed by atoms with Crippen molar-refractivity contribution >= 4 is 23.9 Å². The van der Waals surface area contributed by atoms with Crippen LogP contribution in [0.4, 0.5) is 0 Å². The molecule has 8 nitrogen and oxygen atoms in total. The molecule has 0 aromatic rings. The van der Waals surface area contributed by atoms with Crippen LogP contribution in [-0.4, -0.2) is 23.9 Å². The molecular weight excluding hydrogens is 430 g/mol. The first-order valence-electron chi connectivity index (χ1n) is 3.63. The van der Waals surface area contributed by atoms with E-state index in [9.17, 15) is 0 Å². The van der Waals surface area contributed by atoms with E-state index >= 15 is 0 Å². The van der Waals surface area contributed by atoms with Crippen LogP contribution in [0.1, 0.15) is 27.7 Å². The van der Waals surface area contributed by atoms with Gasteiger partial charge in [-0.25, -0.2) is 0 Å². The molecule has 0 heterocycles. The average Bonchev–Trinajstić information content (AvgIpc) is 1.76. The number of hydrogen-bond acceptors (Lipinski definition) is 8. The van der Waals surface area contributed by atoms with Crippen LogP contribution in [0.3, 0.4) is 0 Å². The van der Waals surface area contributed by atoms with Gasteiger partial charge in [-0.3, -0.25) is 0 Å². The Morgan fingerprint density at radius 1 is 0.500 bits per heavy atom. The van der Waals surface area contributed by atoms with E-state index in [0.29, 0.717) is 0 Å². The maximum atomic E-state index is 8.89. The summed E-state index contributed by atoms with van der Waals surface area (Å²) in [6, 6.07) is 0. The Bertz CT molecular complexity index is 165. The van der Waals surface area contributed by atoms with Gasteiger partial charge in [0.25, 0.3) is 0 Å². The molecule has 0 spiro atoms. The molecule has 0 bridgehead atoms. The molecule has 0 saturated heterocycles. The number of aliphatic carboxylic acids is 4. The van der Waals surface area contributed by atoms with Crippen molar-refractivity contribution in [2.24, 2.45) is 0 Å². The van der Waals surface area contributed by atoms with Gasteiger partial charge in [-0.05, 0) is 27.7 Å². The number of carbonyl (C=O) groups is 4. The van der Waals surface area contributed by atoms with Gasteiger partial charge in [-0.15, -0.1) is 0 Å². The predicted octanol–water partition coefficient (Wildman–Crippen LogP) is -4.98. The summed E-state index contributed by atoms with van der Waals surface area (Å²) in [6.45, 7) is 3.89. The van der Waals surface area contributed by atoms with Crippen molar-refractivity contribution in [2.45, 2.75) is 27.7 Å². The summed E-state index contributed by atoms with van der Waals surface area (Å²) in [6.07, 6.45) is 0. The van der Waals surface area contributed by atoms with Gasteiger partial charge < -0.3 is 39.6 Å². The zero-order valence-corrected chi connectivity index (χ0v) is 13.2. The van der Waals surface area contributed by atoms with Crippen LogP contribution >= 0.6 is 0 Å². The predicted molar refractivity (Wildman–Crippen MR) is 42.7 cm³/mol. The minimum absolute atomic E-state index is 0. The second-order valence-corrected chi connectivity index (χ2v) is 1.97. The summed E-state index contributed by atoms with van der Waals surface area (Å²) in [5.74, 6) is -4.33. The van der Waals surface area contributed by atoms with Gasteiger partial charge in [-0.1, -0.05) is 0 Å². The maximum absolute atomic E-state index is 8.89. The maximum Gasteiger partial charge on any atom is 3.00 e. The van der Waals surface area contributed by atoms with E-state index in [1.807, 2.05) is 0 Å². The van der Waals surface area contributed by atoms with E-state index in [-0.39, 0.29) is 39.0 Å². The van der Waals surface area contributed by atoms with Crippen LogP contribution in [0.25, 0.3) is 0 Å². The van der Waals surface area contributed by atoms with E-state index in [1.165, 1.54) is 0 Å². The third-order valence-corrected chi connectivity index (χ3v) is 0. The minimum Gasteiger partial charge on any atom is -0.550 e. The Balaban J connectivity index is -0.0000000257. The number of carbonyl (C=O) groups excluding carboxylic acids is 4. The average molecular weight is 442 g/mol. The zero-order chi connectivity index (χ0) is 14.3. The van der Waals surface area contributed by atoms with E-state index in [0.717, 1.165) is 27.7 Å². The van der Waals surface area contributed by atoms with Crippen LogP contribution < -0.4 is 20.4 Å². The number of rotatable bonds is 0. The SMILES string of the molecule is CC(=O)[O-].CC(=O)[O-].CC(=O)[O-].CC(=O)[O-].[Rh+3].[Rh+3]. The third-order valence-electron chi connectivity index (χ3n) is 0. The van der Waals surface area contributed by atoms with Gasteiger partial charge >= 0.3 is 39.0 Å². The first-order chi connectivity index (χ1) is 6.93. The molecule has 0 aliphatic carbocycles. The zero-order valence-electron chi connectivity index (χ0n) is 9.93. The molecule has 0 aromatic carbocycles. The molecule has 10 heteroatoms. The van der Waals surface area contributed by atoms with Gasteiger partial charge in [0.2, 0.25) is 0 Å². The van der Waals surface area contributed by atoms with E-state index in [4.69, 9.17) is 39.6 Å². The van der Waals surface area contributed by atoms with Crippen LogP contribution in [0.15, 0.2) is 0 Å². The number of carboxylic acids is 4. The van der Waals surface area contributed by atoms with Crippen LogP contribution in [0, 0.1) is 0 Å². The van der Waals surface area contributed by atoms with Crippen LogP contribution in [0.5, 0.6) is 0 Å². The van der Waals surface area contributed by atoms with Gasteiger partial charge in [0.15, 0.2) is 0 Å². The molecule has 0 N–H and O–H groups in total. The van der Waals surface area contributed by atoms with Crippen LogP contribution in [-0.2, 0) is 58.1 Å². The molecule has 0 saturated carbocycles. The monoisotopic (exact) mass is 442 g/mol. The largest absolute Gasteiger partial charge is 3.00 e.